The van der Waals surface area contributed by atoms with Gasteiger partial charge in [0.05, 0.1) is 16.3 Å². The molecule has 1 saturated heterocycles. The Morgan fingerprint density at radius 3 is 2.62 bits per heavy atom. The van der Waals surface area contributed by atoms with Gasteiger partial charge >= 0.3 is 0 Å². The van der Waals surface area contributed by atoms with Crippen molar-refractivity contribution < 1.29 is 9.21 Å². The van der Waals surface area contributed by atoms with Crippen LogP contribution in [0, 0.1) is 5.92 Å². The second-order valence-corrected chi connectivity index (χ2v) is 9.50. The fourth-order valence-electron chi connectivity index (χ4n) is 4.80. The number of carbonyl (C=O) groups excluding carboxylic acids is 1. The van der Waals surface area contributed by atoms with Crippen molar-refractivity contribution in [2.45, 2.75) is 25.2 Å². The number of rotatable bonds is 6. The third-order valence-electron chi connectivity index (χ3n) is 6.59. The van der Waals surface area contributed by atoms with E-state index in [1.54, 1.807) is 24.5 Å². The van der Waals surface area contributed by atoms with Gasteiger partial charge in [0.15, 0.2) is 5.76 Å². The van der Waals surface area contributed by atoms with Crippen molar-refractivity contribution in [2.75, 3.05) is 13.1 Å². The van der Waals surface area contributed by atoms with Crippen molar-refractivity contribution in [3.05, 3.63) is 100 Å². The van der Waals surface area contributed by atoms with Crippen LogP contribution in [-0.2, 0) is 6.42 Å². The lowest BCUT2D eigenvalue weighted by molar-refractivity contribution is 0.0676. The standard InChI is InChI=1S/C27H25Cl2N3O2/c28-22-9-8-19(16-23(22)29)27(33)32-13-10-18(11-14-32)21(24-6-2-12-30-24)17-20-4-1-5-25(31-20)26-7-3-15-34-26/h1-9,12,15-16,18,21,30H,10-11,13-14,17H2. The summed E-state index contributed by atoms with van der Waals surface area (Å²) in [6, 6.07) is 19.1. The molecule has 4 heterocycles. The molecule has 7 heteroatoms. The zero-order chi connectivity index (χ0) is 23.5. The van der Waals surface area contributed by atoms with E-state index in [1.165, 1.54) is 5.69 Å². The Hall–Kier alpha value is -3.02. The zero-order valence-electron chi connectivity index (χ0n) is 18.6. The molecule has 0 saturated carbocycles. The number of benzene rings is 1. The molecule has 0 spiro atoms. The molecule has 1 unspecified atom stereocenters. The van der Waals surface area contributed by atoms with Gasteiger partial charge in [-0.05, 0) is 79.8 Å². The quantitative estimate of drug-likeness (QED) is 0.319. The lowest BCUT2D eigenvalue weighted by Crippen LogP contribution is -2.40. The number of pyridine rings is 1. The van der Waals surface area contributed by atoms with Crippen LogP contribution < -0.4 is 0 Å². The molecule has 0 bridgehead atoms. The maximum Gasteiger partial charge on any atom is 0.253 e. The normalized spacial score (nSPS) is 15.4. The molecule has 5 nitrogen and oxygen atoms in total. The first-order valence-electron chi connectivity index (χ1n) is 11.5. The molecule has 0 aliphatic carbocycles. The van der Waals surface area contributed by atoms with Crippen LogP contribution in [-0.4, -0.2) is 33.9 Å². The Balaban J connectivity index is 1.30. The van der Waals surface area contributed by atoms with Crippen molar-refractivity contribution >= 4 is 29.1 Å². The monoisotopic (exact) mass is 493 g/mol. The number of piperidine rings is 1. The van der Waals surface area contributed by atoms with Crippen LogP contribution in [0.3, 0.4) is 0 Å². The van der Waals surface area contributed by atoms with Gasteiger partial charge in [0.2, 0.25) is 0 Å². The first kappa shape index (κ1) is 22.8. The molecule has 5 rings (SSSR count). The number of hydrogen-bond acceptors (Lipinski definition) is 3. The van der Waals surface area contributed by atoms with Gasteiger partial charge in [0, 0.05) is 42.2 Å². The first-order chi connectivity index (χ1) is 16.6. The molecule has 0 radical (unpaired) electrons. The third kappa shape index (κ3) is 4.91. The van der Waals surface area contributed by atoms with E-state index < -0.39 is 0 Å². The van der Waals surface area contributed by atoms with Crippen LogP contribution in [0.5, 0.6) is 0 Å². The van der Waals surface area contributed by atoms with E-state index in [0.29, 0.717) is 34.6 Å². The number of aromatic nitrogens is 2. The molecule has 1 fully saturated rings. The minimum absolute atomic E-state index is 0.00116. The SMILES string of the molecule is O=C(c1ccc(Cl)c(Cl)c1)N1CCC(C(Cc2cccc(-c3ccco3)n2)c2ccc[nH]2)CC1. The topological polar surface area (TPSA) is 62.1 Å². The summed E-state index contributed by atoms with van der Waals surface area (Å²) in [7, 11) is 0. The zero-order valence-corrected chi connectivity index (χ0v) is 20.1. The highest BCUT2D eigenvalue weighted by atomic mass is 35.5. The van der Waals surface area contributed by atoms with Crippen molar-refractivity contribution in [2.24, 2.45) is 5.92 Å². The van der Waals surface area contributed by atoms with E-state index in [4.69, 9.17) is 32.6 Å². The van der Waals surface area contributed by atoms with E-state index in [1.807, 2.05) is 41.4 Å². The molecule has 1 aromatic carbocycles. The Labute approximate surface area is 208 Å². The number of hydrogen-bond donors (Lipinski definition) is 1. The van der Waals surface area contributed by atoms with Crippen LogP contribution in [0.25, 0.3) is 11.5 Å². The van der Waals surface area contributed by atoms with Gasteiger partial charge in [-0.1, -0.05) is 29.3 Å². The number of H-pyrrole nitrogens is 1. The Morgan fingerprint density at radius 2 is 1.91 bits per heavy atom. The number of carbonyl (C=O) groups is 1. The molecular formula is C27H25Cl2N3O2. The summed E-state index contributed by atoms with van der Waals surface area (Å²) < 4.78 is 5.53. The fraction of sp³-hybridized carbons (Fsp3) is 0.259. The number of aromatic amines is 1. The summed E-state index contributed by atoms with van der Waals surface area (Å²) in [4.78, 5) is 23.2. The van der Waals surface area contributed by atoms with Crippen LogP contribution in [0.4, 0.5) is 0 Å². The summed E-state index contributed by atoms with van der Waals surface area (Å²) in [5.74, 6) is 1.50. The van der Waals surface area contributed by atoms with Gasteiger partial charge in [0.25, 0.3) is 5.91 Å². The minimum Gasteiger partial charge on any atom is -0.463 e. The Morgan fingerprint density at radius 1 is 1.06 bits per heavy atom. The van der Waals surface area contributed by atoms with Crippen LogP contribution in [0.2, 0.25) is 10.0 Å². The molecule has 34 heavy (non-hydrogen) atoms. The maximum absolute atomic E-state index is 13.0. The van der Waals surface area contributed by atoms with Gasteiger partial charge in [-0.15, -0.1) is 0 Å². The predicted octanol–water partition coefficient (Wildman–Crippen LogP) is 6.86. The summed E-state index contributed by atoms with van der Waals surface area (Å²) >= 11 is 12.1. The van der Waals surface area contributed by atoms with E-state index in [0.717, 1.165) is 36.4 Å². The number of nitrogens with zero attached hydrogens (tertiary/aromatic N) is 2. The smallest absolute Gasteiger partial charge is 0.253 e. The molecule has 1 aliphatic rings. The van der Waals surface area contributed by atoms with E-state index >= 15 is 0 Å². The van der Waals surface area contributed by atoms with Gasteiger partial charge in [-0.2, -0.15) is 0 Å². The van der Waals surface area contributed by atoms with Gasteiger partial charge in [-0.3, -0.25) is 4.79 Å². The molecule has 1 N–H and O–H groups in total. The van der Waals surface area contributed by atoms with Crippen LogP contribution in [0.1, 0.15) is 40.5 Å². The highest BCUT2D eigenvalue weighted by molar-refractivity contribution is 6.42. The Kier molecular flexibility index (Phi) is 6.75. The van der Waals surface area contributed by atoms with Crippen LogP contribution >= 0.6 is 23.2 Å². The molecule has 4 aromatic rings. The van der Waals surface area contributed by atoms with Crippen molar-refractivity contribution in [1.82, 2.24) is 14.9 Å². The van der Waals surface area contributed by atoms with E-state index in [-0.39, 0.29) is 11.8 Å². The average molecular weight is 494 g/mol. The molecule has 1 amide bonds. The van der Waals surface area contributed by atoms with E-state index in [2.05, 4.69) is 17.1 Å². The molecule has 1 aliphatic heterocycles. The first-order valence-corrected chi connectivity index (χ1v) is 12.2. The number of likely N-dealkylation sites (tertiary alicyclic amines) is 1. The second-order valence-electron chi connectivity index (χ2n) is 8.69. The highest BCUT2D eigenvalue weighted by Crippen LogP contribution is 2.35. The lowest BCUT2D eigenvalue weighted by atomic mass is 9.79. The third-order valence-corrected chi connectivity index (χ3v) is 7.33. The van der Waals surface area contributed by atoms with Gasteiger partial charge in [-0.25, -0.2) is 4.98 Å². The number of nitrogens with one attached hydrogen (secondary N) is 1. The number of amides is 1. The van der Waals surface area contributed by atoms with Gasteiger partial charge < -0.3 is 14.3 Å². The highest BCUT2D eigenvalue weighted by Gasteiger charge is 2.31. The number of furan rings is 1. The minimum atomic E-state index is 0.00116. The van der Waals surface area contributed by atoms with Crippen molar-refractivity contribution in [3.8, 4) is 11.5 Å². The molecular weight excluding hydrogens is 469 g/mol. The van der Waals surface area contributed by atoms with Gasteiger partial charge in [0.1, 0.15) is 5.69 Å². The predicted molar refractivity (Wildman–Crippen MR) is 134 cm³/mol. The average Bonchev–Trinajstić information content (AvgIpc) is 3.59. The molecule has 1 atom stereocenters. The second kappa shape index (κ2) is 10.1. The van der Waals surface area contributed by atoms with Crippen LogP contribution in [0.15, 0.2) is 77.5 Å². The van der Waals surface area contributed by atoms with Crippen molar-refractivity contribution in [3.63, 3.8) is 0 Å². The molecule has 3 aromatic heterocycles. The maximum atomic E-state index is 13.0. The van der Waals surface area contributed by atoms with Crippen molar-refractivity contribution in [1.29, 1.82) is 0 Å². The summed E-state index contributed by atoms with van der Waals surface area (Å²) in [5, 5.41) is 0.855. The largest absolute Gasteiger partial charge is 0.463 e. The summed E-state index contributed by atoms with van der Waals surface area (Å²) in [6.45, 7) is 1.42. The summed E-state index contributed by atoms with van der Waals surface area (Å²) in [5.41, 5.74) is 3.66. The Bertz CT molecular complexity index is 1250. The van der Waals surface area contributed by atoms with E-state index in [9.17, 15) is 4.79 Å². The molecule has 174 valence electrons. The summed E-state index contributed by atoms with van der Waals surface area (Å²) in [6.07, 6.45) is 6.31. The number of halogens is 2. The lowest BCUT2D eigenvalue weighted by Gasteiger charge is -2.36. The fourth-order valence-corrected chi connectivity index (χ4v) is 5.10.